The number of nitrogens with one attached hydrogen (secondary N) is 1. The van der Waals surface area contributed by atoms with Gasteiger partial charge in [0.1, 0.15) is 0 Å². The largest absolute Gasteiger partial charge is 0.298 e. The van der Waals surface area contributed by atoms with Crippen LogP contribution in [0.3, 0.4) is 0 Å². The SMILES string of the molecule is c1ccc(CNC2CC3(c4cccnc4)CCN2CC3)cc1. The van der Waals surface area contributed by atoms with Crippen molar-refractivity contribution in [3.8, 4) is 0 Å². The third-order valence-electron chi connectivity index (χ3n) is 5.44. The minimum absolute atomic E-state index is 0.331. The Morgan fingerprint density at radius 3 is 2.64 bits per heavy atom. The third-order valence-corrected chi connectivity index (χ3v) is 5.44. The van der Waals surface area contributed by atoms with Gasteiger partial charge in [-0.3, -0.25) is 15.2 Å². The van der Waals surface area contributed by atoms with Gasteiger partial charge < -0.3 is 0 Å². The lowest BCUT2D eigenvalue weighted by molar-refractivity contribution is 0.00827. The van der Waals surface area contributed by atoms with Crippen molar-refractivity contribution >= 4 is 0 Å². The van der Waals surface area contributed by atoms with Crippen LogP contribution in [0, 0.1) is 0 Å². The van der Waals surface area contributed by atoms with Gasteiger partial charge in [0.2, 0.25) is 0 Å². The maximum atomic E-state index is 4.35. The minimum Gasteiger partial charge on any atom is -0.298 e. The normalized spacial score (nSPS) is 30.4. The molecule has 1 aromatic carbocycles. The summed E-state index contributed by atoms with van der Waals surface area (Å²) in [6.45, 7) is 3.34. The molecule has 0 aliphatic carbocycles. The van der Waals surface area contributed by atoms with Crippen LogP contribution in [0.1, 0.15) is 30.4 Å². The van der Waals surface area contributed by atoms with Crippen LogP contribution in [0.25, 0.3) is 0 Å². The number of benzene rings is 1. The summed E-state index contributed by atoms with van der Waals surface area (Å²) in [7, 11) is 0. The van der Waals surface area contributed by atoms with E-state index in [2.05, 4.69) is 63.9 Å². The summed E-state index contributed by atoms with van der Waals surface area (Å²) in [6, 6.07) is 15.0. The van der Waals surface area contributed by atoms with E-state index in [0.717, 1.165) is 6.54 Å². The van der Waals surface area contributed by atoms with Gasteiger partial charge in [-0.2, -0.15) is 0 Å². The Kier molecular flexibility index (Phi) is 3.68. The van der Waals surface area contributed by atoms with Crippen molar-refractivity contribution in [2.75, 3.05) is 13.1 Å². The molecule has 2 aromatic rings. The molecule has 0 radical (unpaired) electrons. The molecule has 114 valence electrons. The Labute approximate surface area is 132 Å². The van der Waals surface area contributed by atoms with Crippen LogP contribution in [0.4, 0.5) is 0 Å². The van der Waals surface area contributed by atoms with E-state index in [1.165, 1.54) is 43.5 Å². The average Bonchev–Trinajstić information content (AvgIpc) is 2.63. The molecule has 1 aromatic heterocycles. The van der Waals surface area contributed by atoms with Crippen molar-refractivity contribution in [2.45, 2.75) is 37.4 Å². The van der Waals surface area contributed by atoms with Gasteiger partial charge in [-0.15, -0.1) is 0 Å². The van der Waals surface area contributed by atoms with Gasteiger partial charge >= 0.3 is 0 Å². The zero-order chi connectivity index (χ0) is 14.8. The number of nitrogens with zero attached hydrogens (tertiary/aromatic N) is 2. The number of piperidine rings is 3. The van der Waals surface area contributed by atoms with E-state index in [0.29, 0.717) is 11.6 Å². The van der Waals surface area contributed by atoms with Crippen molar-refractivity contribution in [1.29, 1.82) is 0 Å². The number of rotatable bonds is 4. The van der Waals surface area contributed by atoms with Crippen LogP contribution >= 0.6 is 0 Å². The fourth-order valence-corrected chi connectivity index (χ4v) is 4.08. The molecule has 22 heavy (non-hydrogen) atoms. The molecular formula is C19H23N3. The zero-order valence-corrected chi connectivity index (χ0v) is 12.9. The maximum absolute atomic E-state index is 4.35. The standard InChI is InChI=1S/C19H23N3/c1-2-5-16(6-3-1)14-21-18-13-19(8-11-22(18)12-9-19)17-7-4-10-20-15-17/h1-7,10,15,18,21H,8-9,11-14H2. The van der Waals surface area contributed by atoms with Gasteiger partial charge in [-0.25, -0.2) is 0 Å². The fraction of sp³-hybridized carbons (Fsp3) is 0.421. The van der Waals surface area contributed by atoms with E-state index in [1.54, 1.807) is 0 Å². The van der Waals surface area contributed by atoms with Gasteiger partial charge in [0.15, 0.2) is 0 Å². The monoisotopic (exact) mass is 293 g/mol. The predicted molar refractivity (Wildman–Crippen MR) is 88.4 cm³/mol. The van der Waals surface area contributed by atoms with E-state index in [9.17, 15) is 0 Å². The van der Waals surface area contributed by atoms with Crippen molar-refractivity contribution in [2.24, 2.45) is 0 Å². The summed E-state index contributed by atoms with van der Waals surface area (Å²) in [5.41, 5.74) is 3.12. The summed E-state index contributed by atoms with van der Waals surface area (Å²) >= 11 is 0. The van der Waals surface area contributed by atoms with Crippen molar-refractivity contribution < 1.29 is 0 Å². The highest BCUT2D eigenvalue weighted by atomic mass is 15.3. The molecule has 3 saturated heterocycles. The molecule has 1 atom stereocenters. The van der Waals surface area contributed by atoms with Gasteiger partial charge in [0.25, 0.3) is 0 Å². The summed E-state index contributed by atoms with van der Waals surface area (Å²) in [4.78, 5) is 6.97. The molecule has 0 saturated carbocycles. The summed E-state index contributed by atoms with van der Waals surface area (Å²) in [5, 5.41) is 3.77. The van der Waals surface area contributed by atoms with Crippen LogP contribution in [-0.2, 0) is 12.0 Å². The van der Waals surface area contributed by atoms with Crippen molar-refractivity contribution in [3.63, 3.8) is 0 Å². The first-order valence-corrected chi connectivity index (χ1v) is 8.28. The molecule has 0 spiro atoms. The first-order chi connectivity index (χ1) is 10.9. The minimum atomic E-state index is 0.331. The molecule has 3 nitrogen and oxygen atoms in total. The maximum Gasteiger partial charge on any atom is 0.0608 e. The first kappa shape index (κ1) is 13.9. The van der Waals surface area contributed by atoms with Crippen molar-refractivity contribution in [3.05, 3.63) is 66.0 Å². The third kappa shape index (κ3) is 2.55. The van der Waals surface area contributed by atoms with Crippen LogP contribution in [0.2, 0.25) is 0 Å². The lowest BCUT2D eigenvalue weighted by atomic mass is 9.67. The first-order valence-electron chi connectivity index (χ1n) is 8.28. The number of hydrogen-bond acceptors (Lipinski definition) is 3. The van der Waals surface area contributed by atoms with Crippen molar-refractivity contribution in [1.82, 2.24) is 15.2 Å². The Hall–Kier alpha value is -1.71. The molecule has 1 unspecified atom stereocenters. The highest BCUT2D eigenvalue weighted by Gasteiger charge is 2.45. The molecule has 3 aliphatic heterocycles. The predicted octanol–water partition coefficient (Wildman–Crippen LogP) is 2.93. The second kappa shape index (κ2) is 5.82. The Morgan fingerprint density at radius 2 is 1.91 bits per heavy atom. The molecule has 1 N–H and O–H groups in total. The van der Waals surface area contributed by atoms with E-state index >= 15 is 0 Å². The Morgan fingerprint density at radius 1 is 1.09 bits per heavy atom. The molecule has 5 rings (SSSR count). The van der Waals surface area contributed by atoms with Gasteiger partial charge in [0.05, 0.1) is 6.17 Å². The number of aromatic nitrogens is 1. The molecule has 3 aliphatic rings. The van der Waals surface area contributed by atoms with Gasteiger partial charge in [-0.1, -0.05) is 36.4 Å². The molecule has 3 fully saturated rings. The Bertz CT molecular complexity index is 603. The quantitative estimate of drug-likeness (QED) is 0.939. The molecule has 4 heterocycles. The van der Waals surface area contributed by atoms with Crippen LogP contribution < -0.4 is 5.32 Å². The second-order valence-electron chi connectivity index (χ2n) is 6.64. The zero-order valence-electron chi connectivity index (χ0n) is 12.9. The smallest absolute Gasteiger partial charge is 0.0608 e. The fourth-order valence-electron chi connectivity index (χ4n) is 4.08. The van der Waals surface area contributed by atoms with E-state index < -0.39 is 0 Å². The van der Waals surface area contributed by atoms with E-state index in [-0.39, 0.29) is 0 Å². The molecular weight excluding hydrogens is 270 g/mol. The number of hydrogen-bond donors (Lipinski definition) is 1. The van der Waals surface area contributed by atoms with Crippen LogP contribution in [0.5, 0.6) is 0 Å². The molecule has 0 amide bonds. The second-order valence-corrected chi connectivity index (χ2v) is 6.64. The topological polar surface area (TPSA) is 28.2 Å². The average molecular weight is 293 g/mol. The molecule has 3 heteroatoms. The highest BCUT2D eigenvalue weighted by molar-refractivity contribution is 5.25. The summed E-state index contributed by atoms with van der Waals surface area (Å²) < 4.78 is 0. The van der Waals surface area contributed by atoms with Crippen LogP contribution in [0.15, 0.2) is 54.9 Å². The number of fused-ring (bicyclic) bond motifs is 3. The summed E-state index contributed by atoms with van der Waals surface area (Å²) in [6.07, 6.45) is 8.18. The lowest BCUT2D eigenvalue weighted by Gasteiger charge is -2.53. The molecule has 2 bridgehead atoms. The van der Waals surface area contributed by atoms with Gasteiger partial charge in [-0.05, 0) is 36.5 Å². The van der Waals surface area contributed by atoms with E-state index in [4.69, 9.17) is 0 Å². The van der Waals surface area contributed by atoms with Gasteiger partial charge in [0, 0.05) is 37.4 Å². The van der Waals surface area contributed by atoms with Crippen LogP contribution in [-0.4, -0.2) is 29.1 Å². The Balaban J connectivity index is 1.49. The lowest BCUT2D eigenvalue weighted by Crippen LogP contribution is -2.60. The highest BCUT2D eigenvalue weighted by Crippen LogP contribution is 2.44. The van der Waals surface area contributed by atoms with E-state index in [1.807, 2.05) is 6.20 Å². The summed E-state index contributed by atoms with van der Waals surface area (Å²) in [5.74, 6) is 0. The number of pyridine rings is 1.